The molecule has 2 aliphatic rings. The average Bonchev–Trinajstić information content (AvgIpc) is 2.84. The highest BCUT2D eigenvalue weighted by Gasteiger charge is 2.55. The van der Waals surface area contributed by atoms with Crippen LogP contribution in [-0.4, -0.2) is 89.0 Å². The largest absolute Gasteiger partial charge is 0.460 e. The van der Waals surface area contributed by atoms with Crippen LogP contribution < -0.4 is 10.0 Å². The number of carbonyl (C=O) groups is 5. The summed E-state index contributed by atoms with van der Waals surface area (Å²) in [5.41, 5.74) is 5.60. The van der Waals surface area contributed by atoms with Crippen LogP contribution in [-0.2, 0) is 38.7 Å². The Morgan fingerprint density at radius 2 is 1.83 bits per heavy atom. The summed E-state index contributed by atoms with van der Waals surface area (Å²) in [5, 5.41) is 4.13. The number of fused-ring (bicyclic) bond motifs is 1. The number of hydrogen-bond acceptors (Lipinski definition) is 8. The molecule has 2 aliphatic heterocycles. The van der Waals surface area contributed by atoms with Crippen molar-refractivity contribution in [3.05, 3.63) is 5.53 Å². The summed E-state index contributed by atoms with van der Waals surface area (Å²) in [6.45, 7) is 4.87. The maximum absolute atomic E-state index is 13.6. The third kappa shape index (κ3) is 7.16. The van der Waals surface area contributed by atoms with Gasteiger partial charge in [0.1, 0.15) is 11.6 Å². The Bertz CT molecular complexity index is 1060. The molecule has 2 saturated heterocycles. The first-order valence-electron chi connectivity index (χ1n) is 11.0. The number of carbonyl (C=O) groups excluding carboxylic acids is 5. The van der Waals surface area contributed by atoms with Gasteiger partial charge >= 0.3 is 12.2 Å². The van der Waals surface area contributed by atoms with E-state index in [1.54, 1.807) is 20.8 Å². The van der Waals surface area contributed by atoms with Crippen LogP contribution in [0.3, 0.4) is 0 Å². The van der Waals surface area contributed by atoms with E-state index in [9.17, 15) is 32.4 Å². The molecule has 0 aromatic heterocycles. The Balaban J connectivity index is 2.50. The van der Waals surface area contributed by atoms with Gasteiger partial charge in [0, 0.05) is 19.4 Å². The fraction of sp³-hybridized carbons (Fsp3) is 0.700. The first-order valence-corrected chi connectivity index (χ1v) is 12.8. The Kier molecular flexibility index (Phi) is 8.52. The maximum Gasteiger partial charge on any atom is 0.325 e. The second kappa shape index (κ2) is 10.6. The van der Waals surface area contributed by atoms with Crippen LogP contribution in [0.2, 0.25) is 0 Å². The minimum absolute atomic E-state index is 0.0333. The number of rotatable bonds is 8. The number of hydrogen-bond donors (Lipinski definition) is 2. The fourth-order valence-electron chi connectivity index (χ4n) is 3.96. The predicted molar refractivity (Wildman–Crippen MR) is 119 cm³/mol. The molecule has 0 aromatic rings. The van der Waals surface area contributed by atoms with Crippen LogP contribution in [0.4, 0.5) is 0 Å². The van der Waals surface area contributed by atoms with Gasteiger partial charge in [-0.25, -0.2) is 18.4 Å². The summed E-state index contributed by atoms with van der Waals surface area (Å²) in [6, 6.07) is -1.61. The molecule has 15 heteroatoms. The van der Waals surface area contributed by atoms with E-state index >= 15 is 0 Å². The number of nitrogens with one attached hydrogen (secondary N) is 2. The maximum atomic E-state index is 13.6. The minimum atomic E-state index is -4.13. The molecule has 3 amide bonds. The molecule has 2 rings (SSSR count). The molecule has 0 radical (unpaired) electrons. The second-order valence-electron chi connectivity index (χ2n) is 9.38. The lowest BCUT2D eigenvalue weighted by atomic mass is 9.98. The topological polar surface area (TPSA) is 196 Å². The molecule has 2 unspecified atom stereocenters. The van der Waals surface area contributed by atoms with E-state index in [0.717, 1.165) is 16.3 Å². The van der Waals surface area contributed by atoms with Crippen molar-refractivity contribution in [2.45, 2.75) is 76.6 Å². The molecule has 0 aromatic carbocycles. The lowest BCUT2D eigenvalue weighted by molar-refractivity contribution is -0.190. The lowest BCUT2D eigenvalue weighted by Gasteiger charge is -2.50. The summed E-state index contributed by atoms with van der Waals surface area (Å²) in [7, 11) is -4.13. The van der Waals surface area contributed by atoms with E-state index < -0.39 is 63.2 Å². The molecule has 35 heavy (non-hydrogen) atoms. The van der Waals surface area contributed by atoms with E-state index in [0.29, 0.717) is 6.21 Å². The predicted octanol–water partition coefficient (Wildman–Crippen LogP) is -1.13. The number of nitrogens with zero attached hydrogens (tertiary/aromatic N) is 4. The van der Waals surface area contributed by atoms with E-state index in [1.165, 1.54) is 0 Å². The summed E-state index contributed by atoms with van der Waals surface area (Å²) < 4.78 is 31.9. The number of sulfonamides is 1. The van der Waals surface area contributed by atoms with Crippen LogP contribution in [0.5, 0.6) is 0 Å². The van der Waals surface area contributed by atoms with Crippen LogP contribution in [0, 0.1) is 0 Å². The number of amides is 3. The molecule has 0 aliphatic carbocycles. The van der Waals surface area contributed by atoms with Gasteiger partial charge in [0.25, 0.3) is 11.7 Å². The first-order chi connectivity index (χ1) is 16.1. The smallest absolute Gasteiger partial charge is 0.325 e. The summed E-state index contributed by atoms with van der Waals surface area (Å²) in [5.74, 6) is -4.10. The number of esters is 1. The van der Waals surface area contributed by atoms with E-state index in [-0.39, 0.29) is 38.6 Å². The van der Waals surface area contributed by atoms with Crippen molar-refractivity contribution in [3.63, 3.8) is 0 Å². The monoisotopic (exact) mass is 514 g/mol. The highest BCUT2D eigenvalue weighted by atomic mass is 32.2. The standard InChI is InChI=1S/C20H30N6O8S/c1-19(2,3)34-17(30)11-13(14(27)12-22-21)23-18(31)20(24-35(4,32)33)9-6-10-25-15(28)7-5-8-16(29)26(20)25/h12-13,24H,5-11H2,1-4H3,(H,23,31). The zero-order valence-corrected chi connectivity index (χ0v) is 20.9. The van der Waals surface area contributed by atoms with Gasteiger partial charge in [0.05, 0.1) is 12.7 Å². The van der Waals surface area contributed by atoms with Crippen molar-refractivity contribution in [2.75, 3.05) is 12.8 Å². The zero-order valence-electron chi connectivity index (χ0n) is 20.1. The molecule has 0 saturated carbocycles. The molecule has 14 nitrogen and oxygen atoms in total. The SMILES string of the molecule is CC(C)(C)OC(=O)CC(NC(=O)C1(NS(C)(=O)=O)CCCN2C(=O)CCCC(=O)N21)C(=O)C=[N+]=[N-]. The second-order valence-corrected chi connectivity index (χ2v) is 11.1. The highest BCUT2D eigenvalue weighted by molar-refractivity contribution is 7.88. The molecule has 2 atom stereocenters. The molecule has 0 spiro atoms. The fourth-order valence-corrected chi connectivity index (χ4v) is 4.85. The molecular weight excluding hydrogens is 484 g/mol. The van der Waals surface area contributed by atoms with Gasteiger partial charge in [-0.3, -0.25) is 24.0 Å². The first kappa shape index (κ1) is 28.1. The quantitative estimate of drug-likeness (QED) is 0.175. The zero-order chi connectivity index (χ0) is 26.6. The van der Waals surface area contributed by atoms with Gasteiger partial charge in [0.2, 0.25) is 27.5 Å². The molecule has 2 fully saturated rings. The normalized spacial score (nSPS) is 21.8. The minimum Gasteiger partial charge on any atom is -0.460 e. The average molecular weight is 515 g/mol. The number of hydrazine groups is 1. The van der Waals surface area contributed by atoms with Gasteiger partial charge in [-0.1, -0.05) is 0 Å². The molecule has 2 N–H and O–H groups in total. The Morgan fingerprint density at radius 1 is 1.20 bits per heavy atom. The van der Waals surface area contributed by atoms with E-state index in [4.69, 9.17) is 10.3 Å². The lowest BCUT2D eigenvalue weighted by Crippen LogP contribution is -2.76. The number of ketones is 1. The highest BCUT2D eigenvalue weighted by Crippen LogP contribution is 2.32. The van der Waals surface area contributed by atoms with Crippen molar-refractivity contribution in [2.24, 2.45) is 0 Å². The van der Waals surface area contributed by atoms with E-state index in [1.807, 2.05) is 0 Å². The number of ether oxygens (including phenoxy) is 1. The van der Waals surface area contributed by atoms with Gasteiger partial charge < -0.3 is 15.6 Å². The van der Waals surface area contributed by atoms with Gasteiger partial charge in [0.15, 0.2) is 0 Å². The third-order valence-corrected chi connectivity index (χ3v) is 5.88. The van der Waals surface area contributed by atoms with Crippen LogP contribution in [0.25, 0.3) is 5.53 Å². The summed E-state index contributed by atoms with van der Waals surface area (Å²) in [4.78, 5) is 66.7. The molecule has 194 valence electrons. The van der Waals surface area contributed by atoms with Crippen LogP contribution in [0.1, 0.15) is 59.3 Å². The van der Waals surface area contributed by atoms with Gasteiger partial charge in [-0.15, -0.1) is 0 Å². The Morgan fingerprint density at radius 3 is 2.40 bits per heavy atom. The molecular formula is C20H30N6O8S. The third-order valence-electron chi connectivity index (χ3n) is 5.17. The van der Waals surface area contributed by atoms with Crippen molar-refractivity contribution in [1.82, 2.24) is 20.1 Å². The van der Waals surface area contributed by atoms with Gasteiger partial charge in [-0.05, 0) is 40.0 Å². The molecule has 2 heterocycles. The van der Waals surface area contributed by atoms with Crippen molar-refractivity contribution < 1.29 is 41.9 Å². The molecule has 0 bridgehead atoms. The Labute approximate surface area is 203 Å². The van der Waals surface area contributed by atoms with Crippen LogP contribution >= 0.6 is 0 Å². The summed E-state index contributed by atoms with van der Waals surface area (Å²) >= 11 is 0. The van der Waals surface area contributed by atoms with Crippen molar-refractivity contribution in [1.29, 1.82) is 0 Å². The summed E-state index contributed by atoms with van der Waals surface area (Å²) in [6.07, 6.45) is 0.683. The van der Waals surface area contributed by atoms with Crippen molar-refractivity contribution in [3.8, 4) is 0 Å². The Hall–Kier alpha value is -3.16. The van der Waals surface area contributed by atoms with Crippen molar-refractivity contribution >= 4 is 45.7 Å². The van der Waals surface area contributed by atoms with Crippen LogP contribution in [0.15, 0.2) is 0 Å². The van der Waals surface area contributed by atoms with E-state index in [2.05, 4.69) is 14.8 Å². The van der Waals surface area contributed by atoms with Gasteiger partial charge in [-0.2, -0.15) is 9.51 Å². The number of Topliss-reactive ketones (excluding diaryl/α,β-unsaturated/α-hetero) is 1.